The van der Waals surface area contributed by atoms with Crippen molar-refractivity contribution >= 4 is 115 Å². The number of nitrogens with zero attached hydrogens (tertiary/aromatic N) is 3. The van der Waals surface area contributed by atoms with Gasteiger partial charge in [0.05, 0.1) is 47.1 Å². The van der Waals surface area contributed by atoms with Gasteiger partial charge in [0.15, 0.2) is 0 Å². The predicted octanol–water partition coefficient (Wildman–Crippen LogP) is 13.0. The second-order valence-electron chi connectivity index (χ2n) is 11.3. The molecule has 216 valence electrons. The summed E-state index contributed by atoms with van der Waals surface area (Å²) in [7, 11) is 0. The van der Waals surface area contributed by atoms with E-state index in [4.69, 9.17) is 9.97 Å². The van der Waals surface area contributed by atoms with Crippen molar-refractivity contribution in [2.75, 3.05) is 4.90 Å². The van der Waals surface area contributed by atoms with Gasteiger partial charge in [-0.3, -0.25) is 0 Å². The van der Waals surface area contributed by atoms with E-state index in [-0.39, 0.29) is 0 Å². The third-order valence-corrected chi connectivity index (χ3v) is 14.6. The summed E-state index contributed by atoms with van der Waals surface area (Å²) in [5.41, 5.74) is 8.16. The quantitative estimate of drug-likeness (QED) is 0.182. The minimum absolute atomic E-state index is 1.05. The van der Waals surface area contributed by atoms with Crippen molar-refractivity contribution in [2.45, 2.75) is 19.6 Å². The lowest BCUT2D eigenvalue weighted by Gasteiger charge is -2.39. The number of para-hydroxylation sites is 2. The average molecular weight is 678 g/mol. The van der Waals surface area contributed by atoms with Gasteiger partial charge >= 0.3 is 0 Å². The lowest BCUT2D eigenvalue weighted by atomic mass is 10.1. The minimum Gasteiger partial charge on any atom is -0.306 e. The average Bonchev–Trinajstić information content (AvgIpc) is 3.83. The van der Waals surface area contributed by atoms with E-state index in [1.807, 2.05) is 34.9 Å². The van der Waals surface area contributed by atoms with Gasteiger partial charge in [0.25, 0.3) is 0 Å². The number of fused-ring (bicyclic) bond motifs is 10. The molecule has 8 heteroatoms. The topological polar surface area (TPSA) is 29.0 Å². The molecule has 2 aliphatic heterocycles. The molecular weight excluding hydrogens is 659 g/mol. The normalized spacial score (nSPS) is 13.4. The van der Waals surface area contributed by atoms with E-state index in [9.17, 15) is 0 Å². The van der Waals surface area contributed by atoms with Gasteiger partial charge in [0.1, 0.15) is 10.0 Å². The molecule has 6 aromatic carbocycles. The van der Waals surface area contributed by atoms with Crippen molar-refractivity contribution in [3.05, 3.63) is 115 Å². The van der Waals surface area contributed by atoms with Gasteiger partial charge < -0.3 is 4.90 Å². The van der Waals surface area contributed by atoms with E-state index in [0.29, 0.717) is 0 Å². The molecule has 0 unspecified atom stereocenters. The molecule has 0 N–H and O–H groups in total. The zero-order chi connectivity index (χ0) is 29.9. The van der Waals surface area contributed by atoms with Crippen molar-refractivity contribution in [2.24, 2.45) is 0 Å². The van der Waals surface area contributed by atoms with Crippen LogP contribution in [0.3, 0.4) is 0 Å². The van der Waals surface area contributed by atoms with Gasteiger partial charge in [0, 0.05) is 41.3 Å². The van der Waals surface area contributed by atoms with Crippen molar-refractivity contribution in [1.82, 2.24) is 9.97 Å². The first-order valence-corrected chi connectivity index (χ1v) is 19.0. The smallest absolute Gasteiger partial charge is 0.125 e. The standard InChI is InChI=1S/C38H19N3S5/c1-4-13-28-20(8-1)21-16-18-27-36(35(21)42-28)43-31-19-17-23(38-40-25-11-3-6-15-30(25)45-38)34-32(31)41(27)26-12-7-9-22(33(26)46-34)37-39-24-10-2-5-14-29(24)44-37/h1-19H. The Balaban J connectivity index is 1.20. The first-order chi connectivity index (χ1) is 22.8. The monoisotopic (exact) mass is 677 g/mol. The summed E-state index contributed by atoms with van der Waals surface area (Å²) >= 11 is 9.23. The van der Waals surface area contributed by atoms with Crippen LogP contribution in [0.25, 0.3) is 61.7 Å². The van der Waals surface area contributed by atoms with Gasteiger partial charge in [-0.2, -0.15) is 0 Å². The Morgan fingerprint density at radius 3 is 1.89 bits per heavy atom. The highest BCUT2D eigenvalue weighted by Gasteiger charge is 2.37. The summed E-state index contributed by atoms with van der Waals surface area (Å²) in [6.07, 6.45) is 0. The fraction of sp³-hybridized carbons (Fsp3) is 0. The van der Waals surface area contributed by atoms with Crippen LogP contribution in [0.15, 0.2) is 135 Å². The van der Waals surface area contributed by atoms with E-state index in [1.165, 1.54) is 77.3 Å². The fourth-order valence-corrected chi connectivity index (χ4v) is 12.7. The van der Waals surface area contributed by atoms with Crippen molar-refractivity contribution in [3.63, 3.8) is 0 Å². The molecule has 0 saturated carbocycles. The van der Waals surface area contributed by atoms with Crippen LogP contribution >= 0.6 is 57.5 Å². The first kappa shape index (κ1) is 25.9. The molecule has 0 bridgehead atoms. The highest BCUT2D eigenvalue weighted by atomic mass is 32.2. The van der Waals surface area contributed by atoms with E-state index < -0.39 is 0 Å². The third-order valence-electron chi connectivity index (χ3n) is 8.74. The molecular formula is C38H19N3S5. The van der Waals surface area contributed by atoms with Crippen molar-refractivity contribution in [1.29, 1.82) is 0 Å². The number of hydrogen-bond acceptors (Lipinski definition) is 8. The molecule has 2 aliphatic rings. The second kappa shape index (κ2) is 9.67. The Hall–Kier alpha value is -4.18. The zero-order valence-corrected chi connectivity index (χ0v) is 27.9. The second-order valence-corrected chi connectivity index (χ2v) is 16.5. The SMILES string of the molecule is c1cc(-c2nc3ccccc3s2)c2c(c1)N1c3ccc4c(sc5ccccc54)c3Sc3ccc(-c4nc5ccccc5s4)c(c31)S2. The Kier molecular flexibility index (Phi) is 5.45. The highest BCUT2D eigenvalue weighted by molar-refractivity contribution is 8.01. The maximum Gasteiger partial charge on any atom is 0.125 e. The molecule has 9 aromatic rings. The van der Waals surface area contributed by atoms with E-state index in [1.54, 1.807) is 22.7 Å². The largest absolute Gasteiger partial charge is 0.306 e. The number of aromatic nitrogens is 2. The summed E-state index contributed by atoms with van der Waals surface area (Å²) in [5.74, 6) is 0. The molecule has 46 heavy (non-hydrogen) atoms. The summed E-state index contributed by atoms with van der Waals surface area (Å²) < 4.78 is 5.10. The van der Waals surface area contributed by atoms with Crippen LogP contribution in [0, 0.1) is 0 Å². The Morgan fingerprint density at radius 2 is 1.13 bits per heavy atom. The maximum atomic E-state index is 5.14. The molecule has 5 heterocycles. The summed E-state index contributed by atoms with van der Waals surface area (Å²) in [6, 6.07) is 41.7. The number of anilines is 3. The van der Waals surface area contributed by atoms with Gasteiger partial charge in [-0.15, -0.1) is 34.0 Å². The molecule has 11 rings (SSSR count). The lowest BCUT2D eigenvalue weighted by Crippen LogP contribution is -2.19. The van der Waals surface area contributed by atoms with Gasteiger partial charge in [0.2, 0.25) is 0 Å². The predicted molar refractivity (Wildman–Crippen MR) is 199 cm³/mol. The van der Waals surface area contributed by atoms with Crippen LogP contribution in [0.5, 0.6) is 0 Å². The molecule has 0 radical (unpaired) electrons. The number of thiazole rings is 2. The molecule has 0 atom stereocenters. The molecule has 0 spiro atoms. The van der Waals surface area contributed by atoms with Crippen molar-refractivity contribution < 1.29 is 0 Å². The Bertz CT molecular complexity index is 2670. The minimum atomic E-state index is 1.05. The van der Waals surface area contributed by atoms with E-state index >= 15 is 0 Å². The first-order valence-electron chi connectivity index (χ1n) is 14.9. The fourth-order valence-electron chi connectivity index (χ4n) is 6.68. The molecule has 0 amide bonds. The van der Waals surface area contributed by atoms with Gasteiger partial charge in [-0.1, -0.05) is 84.2 Å². The molecule has 3 aromatic heterocycles. The van der Waals surface area contributed by atoms with Crippen LogP contribution < -0.4 is 4.90 Å². The summed E-state index contributed by atoms with van der Waals surface area (Å²) in [6.45, 7) is 0. The van der Waals surface area contributed by atoms with E-state index in [2.05, 4.69) is 120 Å². The lowest BCUT2D eigenvalue weighted by molar-refractivity contribution is 1.10. The van der Waals surface area contributed by atoms with E-state index in [0.717, 1.165) is 21.0 Å². The van der Waals surface area contributed by atoms with Crippen LogP contribution in [-0.4, -0.2) is 9.97 Å². The van der Waals surface area contributed by atoms with Crippen LogP contribution in [-0.2, 0) is 0 Å². The zero-order valence-electron chi connectivity index (χ0n) is 23.9. The molecule has 0 saturated heterocycles. The molecule has 0 aliphatic carbocycles. The highest BCUT2D eigenvalue weighted by Crippen LogP contribution is 2.64. The summed E-state index contributed by atoms with van der Waals surface area (Å²) in [5, 5.41) is 4.77. The molecule has 3 nitrogen and oxygen atoms in total. The Labute approximate surface area is 284 Å². The Morgan fingerprint density at radius 1 is 0.457 bits per heavy atom. The number of benzene rings is 6. The number of thiophene rings is 1. The van der Waals surface area contributed by atoms with Gasteiger partial charge in [-0.25, -0.2) is 9.97 Å². The number of hydrogen-bond donors (Lipinski definition) is 0. The van der Waals surface area contributed by atoms with Crippen molar-refractivity contribution in [3.8, 4) is 21.1 Å². The van der Waals surface area contributed by atoms with Crippen LogP contribution in [0.1, 0.15) is 0 Å². The summed E-state index contributed by atoms with van der Waals surface area (Å²) in [4.78, 5) is 17.9. The number of rotatable bonds is 2. The molecule has 0 fully saturated rings. The van der Waals surface area contributed by atoms with Gasteiger partial charge in [-0.05, 0) is 54.6 Å². The third kappa shape index (κ3) is 3.62. The maximum absolute atomic E-state index is 5.14. The van der Waals surface area contributed by atoms with Crippen LogP contribution in [0.2, 0.25) is 0 Å². The van der Waals surface area contributed by atoms with Crippen LogP contribution in [0.4, 0.5) is 17.1 Å².